The molecule has 316 valence electrons. The lowest BCUT2D eigenvalue weighted by atomic mass is 9.90. The number of nitrogens with zero attached hydrogens (tertiary/aromatic N) is 1. The molecule has 2 fully saturated rings. The third kappa shape index (κ3) is 22.5. The fourth-order valence-electron chi connectivity index (χ4n) is 6.32. The first kappa shape index (κ1) is 52.2. The van der Waals surface area contributed by atoms with Gasteiger partial charge in [0.1, 0.15) is 15.9 Å². The summed E-state index contributed by atoms with van der Waals surface area (Å²) in [5.74, 6) is -1.26. The second kappa shape index (κ2) is 31.3. The summed E-state index contributed by atoms with van der Waals surface area (Å²) >= 11 is 0. The number of benzene rings is 2. The molecule has 2 aromatic rings. The van der Waals surface area contributed by atoms with Crippen LogP contribution in [-0.2, 0) is 35.4 Å². The molecule has 0 bridgehead atoms. The van der Waals surface area contributed by atoms with Crippen molar-refractivity contribution in [2.45, 2.75) is 131 Å². The van der Waals surface area contributed by atoms with Crippen LogP contribution in [0.2, 0.25) is 0 Å². The number of sulfone groups is 1. The molecule has 1 saturated carbocycles. The van der Waals surface area contributed by atoms with Crippen molar-refractivity contribution in [1.82, 2.24) is 10.2 Å². The van der Waals surface area contributed by atoms with Crippen molar-refractivity contribution in [2.24, 2.45) is 5.92 Å². The summed E-state index contributed by atoms with van der Waals surface area (Å²) in [5.41, 5.74) is 3.99. The molecule has 1 amide bonds. The highest BCUT2D eigenvalue weighted by molar-refractivity contribution is 7.90. The minimum Gasteiger partial charge on any atom is -0.480 e. The van der Waals surface area contributed by atoms with Crippen molar-refractivity contribution in [1.29, 1.82) is 0 Å². The van der Waals surface area contributed by atoms with Crippen molar-refractivity contribution < 1.29 is 37.3 Å². The molecule has 55 heavy (non-hydrogen) atoms. The number of carboxylic acids is 1. The van der Waals surface area contributed by atoms with Crippen LogP contribution in [0, 0.1) is 12.8 Å². The molecule has 1 aliphatic carbocycles. The standard InChI is InChI=1S/C26H34N2O6S.C8H16O.C4H10O.C4H10.C2H6/c1-18-7-4-5-9-21(18)23-15-19(16-28-13-6-8-20(28)17-34-2)10-11-22(23)25(29)27-24(26(30)31)12-14-35(3,32)33;1-9-7-8-5-3-2-4-6-8;1-3-4-5-2;1-3-4-2;1-2/h4-5,7,9-11,15,20,24H,6,8,12-14,16-17H2,1-3H3,(H,27,29)(H,30,31);8H,2-7H2,1H3;3-4H2,1-2H3;3-4H2,1-2H3;1-2H3. The zero-order chi connectivity index (χ0) is 41.6. The number of methoxy groups -OCH3 is 3. The summed E-state index contributed by atoms with van der Waals surface area (Å²) in [7, 11) is 1.86. The first-order chi connectivity index (χ1) is 26.3. The van der Waals surface area contributed by atoms with E-state index in [0.717, 1.165) is 74.4 Å². The van der Waals surface area contributed by atoms with Gasteiger partial charge in [-0.2, -0.15) is 0 Å². The second-order valence-electron chi connectivity index (χ2n) is 14.2. The minimum absolute atomic E-state index is 0.201. The van der Waals surface area contributed by atoms with Crippen molar-refractivity contribution in [3.63, 3.8) is 0 Å². The summed E-state index contributed by atoms with van der Waals surface area (Å²) in [5, 5.41) is 12.1. The molecule has 2 unspecified atom stereocenters. The van der Waals surface area contributed by atoms with E-state index in [1.807, 2.05) is 57.2 Å². The number of hydrogen-bond acceptors (Lipinski definition) is 8. The maximum absolute atomic E-state index is 13.2. The largest absolute Gasteiger partial charge is 0.480 e. The number of aryl methyl sites for hydroxylation is 1. The monoisotopic (exact) mass is 793 g/mol. The smallest absolute Gasteiger partial charge is 0.326 e. The maximum atomic E-state index is 13.2. The predicted molar refractivity (Wildman–Crippen MR) is 228 cm³/mol. The third-order valence-electron chi connectivity index (χ3n) is 9.42. The van der Waals surface area contributed by atoms with Crippen LogP contribution in [0.4, 0.5) is 0 Å². The van der Waals surface area contributed by atoms with Crippen LogP contribution in [0.25, 0.3) is 11.1 Å². The fourth-order valence-corrected chi connectivity index (χ4v) is 6.99. The minimum atomic E-state index is -3.36. The molecule has 10 nitrogen and oxygen atoms in total. The topological polar surface area (TPSA) is 131 Å². The Morgan fingerprint density at radius 3 is 2.00 bits per heavy atom. The van der Waals surface area contributed by atoms with E-state index in [4.69, 9.17) is 14.2 Å². The molecule has 0 radical (unpaired) electrons. The van der Waals surface area contributed by atoms with Crippen LogP contribution < -0.4 is 5.32 Å². The Hall–Kier alpha value is -2.83. The summed E-state index contributed by atoms with van der Waals surface area (Å²) in [6, 6.07) is 12.4. The molecule has 2 aliphatic rings. The van der Waals surface area contributed by atoms with Gasteiger partial charge in [0, 0.05) is 58.9 Å². The van der Waals surface area contributed by atoms with Crippen molar-refractivity contribution in [3.05, 3.63) is 59.2 Å². The predicted octanol–water partition coefficient (Wildman–Crippen LogP) is 8.98. The molecule has 1 aliphatic heterocycles. The lowest BCUT2D eigenvalue weighted by molar-refractivity contribution is -0.139. The van der Waals surface area contributed by atoms with E-state index in [-0.39, 0.29) is 12.2 Å². The molecule has 0 spiro atoms. The summed E-state index contributed by atoms with van der Waals surface area (Å²) in [4.78, 5) is 27.3. The van der Waals surface area contributed by atoms with E-state index in [0.29, 0.717) is 23.8 Å². The second-order valence-corrected chi connectivity index (χ2v) is 16.4. The highest BCUT2D eigenvalue weighted by Crippen LogP contribution is 2.30. The van der Waals surface area contributed by atoms with Gasteiger partial charge < -0.3 is 24.6 Å². The molecule has 0 aromatic heterocycles. The Morgan fingerprint density at radius 1 is 0.855 bits per heavy atom. The van der Waals surface area contributed by atoms with Gasteiger partial charge in [-0.25, -0.2) is 13.2 Å². The third-order valence-corrected chi connectivity index (χ3v) is 10.4. The average Bonchev–Trinajstić information content (AvgIpc) is 3.61. The van der Waals surface area contributed by atoms with Gasteiger partial charge in [-0.15, -0.1) is 0 Å². The first-order valence-corrected chi connectivity index (χ1v) is 22.5. The maximum Gasteiger partial charge on any atom is 0.326 e. The van der Waals surface area contributed by atoms with Gasteiger partial charge in [-0.05, 0) is 92.3 Å². The number of hydrogen-bond donors (Lipinski definition) is 2. The number of carbonyl (C=O) groups is 2. The van der Waals surface area contributed by atoms with E-state index < -0.39 is 27.8 Å². The summed E-state index contributed by atoms with van der Waals surface area (Å²) in [6.07, 6.45) is 13.9. The zero-order valence-electron chi connectivity index (χ0n) is 36.0. The number of ether oxygens (including phenoxy) is 3. The lowest BCUT2D eigenvalue weighted by Gasteiger charge is -2.24. The fraction of sp³-hybridized carbons (Fsp3) is 0.682. The summed E-state index contributed by atoms with van der Waals surface area (Å²) in [6.45, 7) is 16.7. The number of aliphatic carboxylic acids is 1. The average molecular weight is 793 g/mol. The van der Waals surface area contributed by atoms with E-state index in [9.17, 15) is 23.1 Å². The number of carboxylic acid groups (broad SMARTS) is 1. The number of unbranched alkanes of at least 4 members (excludes halogenated alkanes) is 1. The molecule has 11 heteroatoms. The van der Waals surface area contributed by atoms with Crippen LogP contribution in [0.15, 0.2) is 42.5 Å². The normalized spacial score (nSPS) is 16.1. The highest BCUT2D eigenvalue weighted by atomic mass is 32.2. The number of likely N-dealkylation sites (tertiary alicyclic amines) is 1. The van der Waals surface area contributed by atoms with E-state index >= 15 is 0 Å². The van der Waals surface area contributed by atoms with E-state index in [1.165, 1.54) is 44.9 Å². The van der Waals surface area contributed by atoms with Gasteiger partial charge in [0.25, 0.3) is 5.91 Å². The molecule has 4 rings (SSSR count). The van der Waals surface area contributed by atoms with Gasteiger partial charge in [-0.3, -0.25) is 9.69 Å². The van der Waals surface area contributed by atoms with Crippen LogP contribution in [-0.4, -0.2) is 102 Å². The number of amides is 1. The van der Waals surface area contributed by atoms with Gasteiger partial charge in [-0.1, -0.05) is 97.1 Å². The lowest BCUT2D eigenvalue weighted by Crippen LogP contribution is -2.42. The quantitative estimate of drug-likeness (QED) is 0.171. The molecule has 2 aromatic carbocycles. The molecule has 1 saturated heterocycles. The molecule has 1 heterocycles. The van der Waals surface area contributed by atoms with Crippen LogP contribution in [0.1, 0.15) is 127 Å². The molecule has 2 atom stereocenters. The number of rotatable bonds is 16. The van der Waals surface area contributed by atoms with Gasteiger partial charge in [0.2, 0.25) is 0 Å². The Morgan fingerprint density at radius 2 is 1.49 bits per heavy atom. The molecule has 2 N–H and O–H groups in total. The Bertz CT molecular complexity index is 1410. The Kier molecular flexibility index (Phi) is 29.7. The number of nitrogens with one attached hydrogen (secondary N) is 1. The van der Waals surface area contributed by atoms with E-state index in [1.54, 1.807) is 27.4 Å². The van der Waals surface area contributed by atoms with Gasteiger partial charge in [0.05, 0.1) is 12.4 Å². The van der Waals surface area contributed by atoms with Gasteiger partial charge >= 0.3 is 5.97 Å². The number of carbonyl (C=O) groups excluding carboxylic acids is 1. The van der Waals surface area contributed by atoms with Crippen molar-refractivity contribution in [3.8, 4) is 11.1 Å². The molecular formula is C44H76N2O8S. The SMILES string of the molecule is CC.CCCC.CCCOC.COCC1CCCCC1.COCC1CCCN1Cc1ccc(C(=O)NC(CCS(C)(=O)=O)C(=O)O)c(-c2ccccc2C)c1. The van der Waals surface area contributed by atoms with E-state index in [2.05, 4.69) is 31.0 Å². The zero-order valence-corrected chi connectivity index (χ0v) is 36.8. The van der Waals surface area contributed by atoms with Gasteiger partial charge in [0.15, 0.2) is 0 Å². The Labute approximate surface area is 335 Å². The highest BCUT2D eigenvalue weighted by Gasteiger charge is 2.27. The van der Waals surface area contributed by atoms with Crippen molar-refractivity contribution >= 4 is 21.7 Å². The van der Waals surface area contributed by atoms with Crippen LogP contribution in [0.3, 0.4) is 0 Å². The van der Waals surface area contributed by atoms with Crippen LogP contribution in [0.5, 0.6) is 0 Å². The Balaban J connectivity index is 0.00000119. The van der Waals surface area contributed by atoms with Crippen LogP contribution >= 0.6 is 0 Å². The molecular weight excluding hydrogens is 717 g/mol. The summed E-state index contributed by atoms with van der Waals surface area (Å²) < 4.78 is 38.2. The van der Waals surface area contributed by atoms with Crippen molar-refractivity contribution in [2.75, 3.05) is 59.7 Å². The first-order valence-electron chi connectivity index (χ1n) is 20.5.